The van der Waals surface area contributed by atoms with E-state index in [2.05, 4.69) is 22.4 Å². The molecule has 0 unspecified atom stereocenters. The molecule has 0 radical (unpaired) electrons. The molecule has 0 spiro atoms. The maximum absolute atomic E-state index is 5.13. The molecule has 0 saturated carbocycles. The van der Waals surface area contributed by atoms with Gasteiger partial charge in [-0.05, 0) is 32.0 Å². The number of hydrogen-bond acceptors (Lipinski definition) is 3. The summed E-state index contributed by atoms with van der Waals surface area (Å²) in [5, 5.41) is 2.33. The van der Waals surface area contributed by atoms with Crippen LogP contribution in [0.5, 0.6) is 0 Å². The molecule has 0 aromatic heterocycles. The predicted molar refractivity (Wildman–Crippen MR) is 45.6 cm³/mol. The van der Waals surface area contributed by atoms with Crippen molar-refractivity contribution in [3.8, 4) is 0 Å². The van der Waals surface area contributed by atoms with Crippen LogP contribution in [0.1, 0.15) is 19.8 Å². The Bertz CT molecular complexity index is 110. The number of aliphatic imine (C=N–C) groups is 1. The van der Waals surface area contributed by atoms with Crippen LogP contribution in [-0.4, -0.2) is 24.9 Å². The number of isothiocyanates is 1. The molecule has 0 rings (SSSR count). The van der Waals surface area contributed by atoms with Crippen LogP contribution in [0.25, 0.3) is 0 Å². The van der Waals surface area contributed by atoms with Gasteiger partial charge in [0.1, 0.15) is 0 Å². The molecule has 0 aliphatic heterocycles. The van der Waals surface area contributed by atoms with Gasteiger partial charge in [0.2, 0.25) is 0 Å². The summed E-state index contributed by atoms with van der Waals surface area (Å²) in [4.78, 5) is 3.78. The average molecular weight is 159 g/mol. The van der Waals surface area contributed by atoms with Crippen LogP contribution in [0.4, 0.5) is 0 Å². The van der Waals surface area contributed by atoms with Crippen molar-refractivity contribution >= 4 is 17.4 Å². The molecule has 0 aliphatic carbocycles. The Morgan fingerprint density at radius 3 is 2.90 bits per heavy atom. The van der Waals surface area contributed by atoms with Crippen LogP contribution in [-0.2, 0) is 4.74 Å². The fraction of sp³-hybridized carbons (Fsp3) is 0.857. The highest BCUT2D eigenvalue weighted by molar-refractivity contribution is 7.78. The molecular weight excluding hydrogens is 146 g/mol. The molecule has 3 heteroatoms. The second kappa shape index (κ2) is 8.76. The minimum absolute atomic E-state index is 0.788. The summed E-state index contributed by atoms with van der Waals surface area (Å²) < 4.78 is 5.13. The monoisotopic (exact) mass is 159 g/mol. The third-order valence-corrected chi connectivity index (χ3v) is 1.21. The van der Waals surface area contributed by atoms with Gasteiger partial charge >= 0.3 is 0 Å². The van der Waals surface area contributed by atoms with Crippen LogP contribution >= 0.6 is 12.2 Å². The summed E-state index contributed by atoms with van der Waals surface area (Å²) in [5.74, 6) is 0. The van der Waals surface area contributed by atoms with Gasteiger partial charge in [-0.25, -0.2) is 4.99 Å². The number of thiocarbonyl (C=S) groups is 1. The van der Waals surface area contributed by atoms with Crippen LogP contribution in [0.3, 0.4) is 0 Å². The van der Waals surface area contributed by atoms with E-state index in [1.807, 2.05) is 6.92 Å². The predicted octanol–water partition coefficient (Wildman–Crippen LogP) is 1.91. The zero-order valence-corrected chi connectivity index (χ0v) is 7.12. The Hall–Kier alpha value is -0.240. The first-order valence-electron chi connectivity index (χ1n) is 3.53. The first kappa shape index (κ1) is 9.76. The minimum atomic E-state index is 0.788. The van der Waals surface area contributed by atoms with Gasteiger partial charge in [0.25, 0.3) is 0 Å². The van der Waals surface area contributed by atoms with E-state index in [4.69, 9.17) is 4.74 Å². The maximum atomic E-state index is 5.13. The van der Waals surface area contributed by atoms with Crippen molar-refractivity contribution < 1.29 is 4.74 Å². The van der Waals surface area contributed by atoms with Crippen LogP contribution in [0.2, 0.25) is 0 Å². The third kappa shape index (κ3) is 7.76. The fourth-order valence-corrected chi connectivity index (χ4v) is 0.676. The quantitative estimate of drug-likeness (QED) is 0.335. The van der Waals surface area contributed by atoms with E-state index in [0.717, 1.165) is 32.6 Å². The second-order valence-electron chi connectivity index (χ2n) is 1.88. The zero-order chi connectivity index (χ0) is 7.66. The van der Waals surface area contributed by atoms with Gasteiger partial charge in [-0.2, -0.15) is 0 Å². The highest BCUT2D eigenvalue weighted by Gasteiger charge is 1.84. The highest BCUT2D eigenvalue weighted by Crippen LogP contribution is 1.89. The van der Waals surface area contributed by atoms with E-state index in [9.17, 15) is 0 Å². The molecule has 0 fully saturated rings. The Labute approximate surface area is 67.3 Å². The molecule has 0 atom stereocenters. The van der Waals surface area contributed by atoms with Gasteiger partial charge in [0.15, 0.2) is 0 Å². The SMILES string of the molecule is CCOCCCCN=C=S. The number of rotatable bonds is 6. The zero-order valence-electron chi connectivity index (χ0n) is 6.30. The fourth-order valence-electron chi connectivity index (χ4n) is 0.585. The Morgan fingerprint density at radius 1 is 1.50 bits per heavy atom. The summed E-state index contributed by atoms with van der Waals surface area (Å²) in [6.45, 7) is 4.42. The molecule has 0 aromatic carbocycles. The van der Waals surface area contributed by atoms with Crippen molar-refractivity contribution in [1.82, 2.24) is 0 Å². The molecule has 0 N–H and O–H groups in total. The summed E-state index contributed by atoms with van der Waals surface area (Å²) in [6, 6.07) is 0. The average Bonchev–Trinajstić information content (AvgIpc) is 1.97. The first-order chi connectivity index (χ1) is 4.91. The summed E-state index contributed by atoms with van der Waals surface area (Å²) in [6.07, 6.45) is 2.11. The van der Waals surface area contributed by atoms with Crippen molar-refractivity contribution in [2.24, 2.45) is 4.99 Å². The largest absolute Gasteiger partial charge is 0.382 e. The highest BCUT2D eigenvalue weighted by atomic mass is 32.1. The lowest BCUT2D eigenvalue weighted by Crippen LogP contribution is -1.93. The van der Waals surface area contributed by atoms with Crippen LogP contribution in [0.15, 0.2) is 4.99 Å². The number of ether oxygens (including phenoxy) is 1. The van der Waals surface area contributed by atoms with E-state index in [-0.39, 0.29) is 0 Å². The van der Waals surface area contributed by atoms with Crippen molar-refractivity contribution in [1.29, 1.82) is 0 Å². The minimum Gasteiger partial charge on any atom is -0.382 e. The van der Waals surface area contributed by atoms with Gasteiger partial charge < -0.3 is 4.74 Å². The molecule has 0 bridgehead atoms. The summed E-state index contributed by atoms with van der Waals surface area (Å²) >= 11 is 4.40. The first-order valence-corrected chi connectivity index (χ1v) is 3.94. The van der Waals surface area contributed by atoms with Crippen LogP contribution in [0, 0.1) is 0 Å². The van der Waals surface area contributed by atoms with Crippen molar-refractivity contribution in [3.63, 3.8) is 0 Å². The number of unbranched alkanes of at least 4 members (excludes halogenated alkanes) is 1. The van der Waals surface area contributed by atoms with E-state index >= 15 is 0 Å². The van der Waals surface area contributed by atoms with Gasteiger partial charge in [-0.15, -0.1) is 0 Å². The molecule has 0 aliphatic rings. The standard InChI is InChI=1S/C7H13NOS/c1-2-9-6-4-3-5-8-7-10/h2-6H2,1H3. The van der Waals surface area contributed by atoms with E-state index in [0.29, 0.717) is 0 Å². The summed E-state index contributed by atoms with van der Waals surface area (Å²) in [5.41, 5.74) is 0. The number of nitrogens with zero attached hydrogens (tertiary/aromatic N) is 1. The van der Waals surface area contributed by atoms with Crippen LogP contribution < -0.4 is 0 Å². The Kier molecular flexibility index (Phi) is 8.55. The van der Waals surface area contributed by atoms with Gasteiger partial charge in [-0.3, -0.25) is 0 Å². The molecule has 0 saturated heterocycles. The molecule has 2 nitrogen and oxygen atoms in total. The molecule has 58 valence electrons. The van der Waals surface area contributed by atoms with E-state index < -0.39 is 0 Å². The van der Waals surface area contributed by atoms with Gasteiger partial charge in [-0.1, -0.05) is 0 Å². The van der Waals surface area contributed by atoms with Crippen molar-refractivity contribution in [2.45, 2.75) is 19.8 Å². The lowest BCUT2D eigenvalue weighted by Gasteiger charge is -1.96. The van der Waals surface area contributed by atoms with E-state index in [1.54, 1.807) is 0 Å². The number of hydrogen-bond donors (Lipinski definition) is 0. The normalized spacial score (nSPS) is 8.90. The molecule has 0 heterocycles. The molecule has 0 aromatic rings. The molecular formula is C7H13NOS. The van der Waals surface area contributed by atoms with E-state index in [1.165, 1.54) is 0 Å². The Morgan fingerprint density at radius 2 is 2.30 bits per heavy atom. The van der Waals surface area contributed by atoms with Crippen molar-refractivity contribution in [3.05, 3.63) is 0 Å². The smallest absolute Gasteiger partial charge is 0.0584 e. The van der Waals surface area contributed by atoms with Gasteiger partial charge in [0.05, 0.1) is 5.16 Å². The Balaban J connectivity index is 2.83. The lowest BCUT2D eigenvalue weighted by atomic mass is 10.3. The lowest BCUT2D eigenvalue weighted by molar-refractivity contribution is 0.144. The summed E-state index contributed by atoms with van der Waals surface area (Å²) in [7, 11) is 0. The van der Waals surface area contributed by atoms with Crippen molar-refractivity contribution in [2.75, 3.05) is 19.8 Å². The topological polar surface area (TPSA) is 21.6 Å². The third-order valence-electron chi connectivity index (χ3n) is 1.08. The van der Waals surface area contributed by atoms with Gasteiger partial charge in [0, 0.05) is 19.8 Å². The maximum Gasteiger partial charge on any atom is 0.0584 e. The second-order valence-corrected chi connectivity index (χ2v) is 2.06. The molecule has 10 heavy (non-hydrogen) atoms. The molecule has 0 amide bonds.